The van der Waals surface area contributed by atoms with Crippen LogP contribution in [0.25, 0.3) is 0 Å². The zero-order valence-corrected chi connectivity index (χ0v) is 11.5. The molecule has 0 amide bonds. The smallest absolute Gasteiger partial charge is 0.160 e. The number of nitriles is 1. The van der Waals surface area contributed by atoms with Gasteiger partial charge in [0.25, 0.3) is 0 Å². The summed E-state index contributed by atoms with van der Waals surface area (Å²) in [5.41, 5.74) is 0.0549. The summed E-state index contributed by atoms with van der Waals surface area (Å²) in [5, 5.41) is 13.1. The minimum atomic E-state index is -0.773. The average Bonchev–Trinajstić information content (AvgIpc) is 2.39. The van der Waals surface area contributed by atoms with Crippen molar-refractivity contribution < 1.29 is 9.47 Å². The van der Waals surface area contributed by atoms with Gasteiger partial charge in [0.15, 0.2) is 6.29 Å². The van der Waals surface area contributed by atoms with Gasteiger partial charge in [-0.05, 0) is 31.2 Å². The number of ether oxygens (including phenoxy) is 2. The number of hydrogen-bond acceptors (Lipinski definition) is 4. The van der Waals surface area contributed by atoms with Crippen molar-refractivity contribution in [2.24, 2.45) is 0 Å². The topological polar surface area (TPSA) is 54.3 Å². The molecule has 0 aliphatic carbocycles. The third-order valence-electron chi connectivity index (χ3n) is 2.61. The van der Waals surface area contributed by atoms with Crippen molar-refractivity contribution in [3.63, 3.8) is 0 Å². The molecule has 1 unspecified atom stereocenters. The molecule has 4 nitrogen and oxygen atoms in total. The summed E-state index contributed by atoms with van der Waals surface area (Å²) in [5.74, 6) is 0. The van der Waals surface area contributed by atoms with E-state index >= 15 is 0 Å². The molecule has 5 heteroatoms. The van der Waals surface area contributed by atoms with Crippen LogP contribution >= 0.6 is 11.6 Å². The van der Waals surface area contributed by atoms with Gasteiger partial charge in [-0.2, -0.15) is 5.26 Å². The Morgan fingerprint density at radius 2 is 1.89 bits per heavy atom. The quantitative estimate of drug-likeness (QED) is 0.806. The van der Waals surface area contributed by atoms with Gasteiger partial charge in [-0.15, -0.1) is 0 Å². The van der Waals surface area contributed by atoms with Crippen LogP contribution in [0, 0.1) is 11.3 Å². The van der Waals surface area contributed by atoms with Gasteiger partial charge in [0.1, 0.15) is 5.54 Å². The van der Waals surface area contributed by atoms with Crippen LogP contribution in [0.4, 0.5) is 5.69 Å². The van der Waals surface area contributed by atoms with Gasteiger partial charge in [-0.3, -0.25) is 0 Å². The SMILES string of the molecule is COC(CC(C)(C#N)Nc1ccc(Cl)cc1)OC. The highest BCUT2D eigenvalue weighted by molar-refractivity contribution is 6.30. The fourth-order valence-corrected chi connectivity index (χ4v) is 1.70. The summed E-state index contributed by atoms with van der Waals surface area (Å²) < 4.78 is 10.2. The van der Waals surface area contributed by atoms with E-state index in [0.29, 0.717) is 11.4 Å². The number of rotatable bonds is 6. The second-order valence-corrected chi connectivity index (χ2v) is 4.62. The Labute approximate surface area is 112 Å². The number of nitrogens with one attached hydrogen (secondary N) is 1. The molecular weight excluding hydrogens is 252 g/mol. The molecule has 1 rings (SSSR count). The molecule has 0 aromatic heterocycles. The predicted octanol–water partition coefficient (Wildman–Crippen LogP) is 3.04. The Balaban J connectivity index is 2.76. The number of anilines is 1. The van der Waals surface area contributed by atoms with Gasteiger partial charge >= 0.3 is 0 Å². The fourth-order valence-electron chi connectivity index (χ4n) is 1.57. The number of benzene rings is 1. The highest BCUT2D eigenvalue weighted by atomic mass is 35.5. The van der Waals surface area contributed by atoms with E-state index in [1.54, 1.807) is 33.3 Å². The van der Waals surface area contributed by atoms with Crippen molar-refractivity contribution in [2.75, 3.05) is 19.5 Å². The Kier molecular flexibility index (Phi) is 5.42. The van der Waals surface area contributed by atoms with Gasteiger partial charge in [0.2, 0.25) is 0 Å². The van der Waals surface area contributed by atoms with Crippen molar-refractivity contribution in [1.29, 1.82) is 5.26 Å². The Morgan fingerprint density at radius 1 is 1.33 bits per heavy atom. The van der Waals surface area contributed by atoms with E-state index < -0.39 is 11.8 Å². The largest absolute Gasteiger partial charge is 0.367 e. The second kappa shape index (κ2) is 6.60. The van der Waals surface area contributed by atoms with Crippen LogP contribution < -0.4 is 5.32 Å². The van der Waals surface area contributed by atoms with Crippen molar-refractivity contribution in [2.45, 2.75) is 25.2 Å². The molecular formula is C13H17ClN2O2. The van der Waals surface area contributed by atoms with Crippen LogP contribution in [0.2, 0.25) is 5.02 Å². The van der Waals surface area contributed by atoms with Crippen molar-refractivity contribution in [3.05, 3.63) is 29.3 Å². The number of methoxy groups -OCH3 is 2. The van der Waals surface area contributed by atoms with E-state index in [0.717, 1.165) is 5.69 Å². The maximum absolute atomic E-state index is 9.29. The lowest BCUT2D eigenvalue weighted by molar-refractivity contribution is -0.110. The van der Waals surface area contributed by atoms with Crippen LogP contribution in [0.15, 0.2) is 24.3 Å². The average molecular weight is 269 g/mol. The highest BCUT2D eigenvalue weighted by Crippen LogP contribution is 2.22. The summed E-state index contributed by atoms with van der Waals surface area (Å²) in [7, 11) is 3.10. The first-order chi connectivity index (χ1) is 8.53. The maximum Gasteiger partial charge on any atom is 0.160 e. The van der Waals surface area contributed by atoms with E-state index in [1.165, 1.54) is 0 Å². The maximum atomic E-state index is 9.29. The molecule has 0 bridgehead atoms. The number of nitrogens with zero attached hydrogens (tertiary/aromatic N) is 1. The van der Waals surface area contributed by atoms with Crippen LogP contribution in [0.5, 0.6) is 0 Å². The first-order valence-corrected chi connectivity index (χ1v) is 5.91. The standard InChI is InChI=1S/C13H17ClN2O2/c1-13(9-15,8-12(17-2)18-3)16-11-6-4-10(14)5-7-11/h4-7,12,16H,8H2,1-3H3. The molecule has 1 aromatic carbocycles. The highest BCUT2D eigenvalue weighted by Gasteiger charge is 2.28. The minimum absolute atomic E-state index is 0.416. The summed E-state index contributed by atoms with van der Waals surface area (Å²) in [6, 6.07) is 9.43. The van der Waals surface area contributed by atoms with Gasteiger partial charge in [-0.25, -0.2) is 0 Å². The van der Waals surface area contributed by atoms with Gasteiger partial charge < -0.3 is 14.8 Å². The van der Waals surface area contributed by atoms with E-state index in [1.807, 2.05) is 12.1 Å². The van der Waals surface area contributed by atoms with E-state index in [4.69, 9.17) is 21.1 Å². The van der Waals surface area contributed by atoms with Gasteiger partial charge in [-0.1, -0.05) is 11.6 Å². The molecule has 18 heavy (non-hydrogen) atoms. The fraction of sp³-hybridized carbons (Fsp3) is 0.462. The zero-order chi connectivity index (χ0) is 13.6. The normalized spacial score (nSPS) is 14.0. The lowest BCUT2D eigenvalue weighted by Gasteiger charge is -2.27. The van der Waals surface area contributed by atoms with E-state index in [9.17, 15) is 5.26 Å². The molecule has 0 fully saturated rings. The first kappa shape index (κ1) is 14.8. The van der Waals surface area contributed by atoms with Crippen molar-refractivity contribution in [1.82, 2.24) is 0 Å². The summed E-state index contributed by atoms with van der Waals surface area (Å²) in [4.78, 5) is 0. The van der Waals surface area contributed by atoms with Crippen LogP contribution in [-0.4, -0.2) is 26.0 Å². The lowest BCUT2D eigenvalue weighted by Crippen LogP contribution is -2.38. The van der Waals surface area contributed by atoms with E-state index in [-0.39, 0.29) is 0 Å². The Morgan fingerprint density at radius 3 is 2.33 bits per heavy atom. The Bertz CT molecular complexity index is 412. The third-order valence-corrected chi connectivity index (χ3v) is 2.86. The molecule has 1 N–H and O–H groups in total. The van der Waals surface area contributed by atoms with Crippen LogP contribution in [0.1, 0.15) is 13.3 Å². The van der Waals surface area contributed by atoms with Crippen molar-refractivity contribution in [3.8, 4) is 6.07 Å². The van der Waals surface area contributed by atoms with Gasteiger partial charge in [0.05, 0.1) is 6.07 Å². The van der Waals surface area contributed by atoms with Crippen molar-refractivity contribution >= 4 is 17.3 Å². The molecule has 0 saturated heterocycles. The third kappa shape index (κ3) is 4.19. The molecule has 1 aromatic rings. The number of hydrogen-bond donors (Lipinski definition) is 1. The first-order valence-electron chi connectivity index (χ1n) is 5.53. The predicted molar refractivity (Wildman–Crippen MR) is 71.5 cm³/mol. The molecule has 0 aliphatic rings. The van der Waals surface area contributed by atoms with Crippen LogP contribution in [0.3, 0.4) is 0 Å². The second-order valence-electron chi connectivity index (χ2n) is 4.18. The molecule has 0 radical (unpaired) electrons. The molecule has 0 aliphatic heterocycles. The molecule has 0 spiro atoms. The summed E-state index contributed by atoms with van der Waals surface area (Å²) >= 11 is 5.81. The molecule has 1 atom stereocenters. The monoisotopic (exact) mass is 268 g/mol. The molecule has 98 valence electrons. The molecule has 0 heterocycles. The zero-order valence-electron chi connectivity index (χ0n) is 10.7. The minimum Gasteiger partial charge on any atom is -0.367 e. The Hall–Kier alpha value is -1.28. The van der Waals surface area contributed by atoms with Crippen LogP contribution in [-0.2, 0) is 9.47 Å². The van der Waals surface area contributed by atoms with Gasteiger partial charge in [0, 0.05) is 31.4 Å². The molecule has 0 saturated carbocycles. The summed E-state index contributed by atoms with van der Waals surface area (Å²) in [6.07, 6.45) is -0.00601. The summed E-state index contributed by atoms with van der Waals surface area (Å²) in [6.45, 7) is 1.80. The number of halogens is 1. The van der Waals surface area contributed by atoms with E-state index in [2.05, 4.69) is 11.4 Å². The lowest BCUT2D eigenvalue weighted by atomic mass is 9.99.